The molecule has 0 saturated carbocycles. The largest absolute Gasteiger partial charge is 0.396 e. The normalized spacial score (nSPS) is 15.2. The Morgan fingerprint density at radius 1 is 1.29 bits per heavy atom. The summed E-state index contributed by atoms with van der Waals surface area (Å²) in [5.74, 6) is 0.971. The number of H-pyrrole nitrogens is 1. The van der Waals surface area contributed by atoms with Crippen LogP contribution in [0.4, 0.5) is 11.5 Å². The molecular formula is C22H26N4O2. The number of piperidine rings is 1. The number of carbonyl (C=O) groups is 1. The van der Waals surface area contributed by atoms with Gasteiger partial charge in [0, 0.05) is 36.8 Å². The molecule has 6 heteroatoms. The number of rotatable bonds is 4. The number of amides is 1. The Morgan fingerprint density at radius 3 is 2.82 bits per heavy atom. The standard InChI is InChI=1S/C22H26N4O2/c1-14-10-15(2)17-12-20(24-19(17)11-14)22(28)25-18-4-3-7-23-21(18)26-8-5-16(13-27)6-9-26/h3-4,7,10-12,16,24,27H,5-6,8-9,13H2,1-2H3,(H,25,28). The molecule has 3 N–H and O–H groups in total. The van der Waals surface area contributed by atoms with Gasteiger partial charge >= 0.3 is 0 Å². The molecule has 1 fully saturated rings. The first-order chi connectivity index (χ1) is 13.5. The number of pyridine rings is 1. The third kappa shape index (κ3) is 3.60. The summed E-state index contributed by atoms with van der Waals surface area (Å²) in [6.07, 6.45) is 3.61. The van der Waals surface area contributed by atoms with Crippen LogP contribution in [-0.2, 0) is 0 Å². The van der Waals surface area contributed by atoms with Gasteiger partial charge in [-0.25, -0.2) is 4.98 Å². The molecule has 1 aliphatic heterocycles. The summed E-state index contributed by atoms with van der Waals surface area (Å²) in [4.78, 5) is 22.8. The second-order valence-corrected chi connectivity index (χ2v) is 7.67. The van der Waals surface area contributed by atoms with E-state index in [0.29, 0.717) is 17.3 Å². The topological polar surface area (TPSA) is 81.2 Å². The van der Waals surface area contributed by atoms with Gasteiger partial charge in [-0.2, -0.15) is 0 Å². The minimum absolute atomic E-state index is 0.173. The van der Waals surface area contributed by atoms with Gasteiger partial charge in [0.05, 0.1) is 5.69 Å². The number of aryl methyl sites for hydroxylation is 2. The Kier molecular flexibility index (Phi) is 5.05. The lowest BCUT2D eigenvalue weighted by Crippen LogP contribution is -2.35. The highest BCUT2D eigenvalue weighted by Crippen LogP contribution is 2.28. The van der Waals surface area contributed by atoms with Crippen molar-refractivity contribution in [3.05, 3.63) is 53.3 Å². The Morgan fingerprint density at radius 2 is 2.07 bits per heavy atom. The fourth-order valence-corrected chi connectivity index (χ4v) is 3.99. The smallest absolute Gasteiger partial charge is 0.272 e. The van der Waals surface area contributed by atoms with E-state index >= 15 is 0 Å². The number of anilines is 2. The van der Waals surface area contributed by atoms with Crippen LogP contribution in [0.2, 0.25) is 0 Å². The number of carbonyl (C=O) groups excluding carboxylic acids is 1. The zero-order valence-electron chi connectivity index (χ0n) is 16.3. The van der Waals surface area contributed by atoms with Gasteiger partial charge in [0.2, 0.25) is 0 Å². The summed E-state index contributed by atoms with van der Waals surface area (Å²) in [6, 6.07) is 9.80. The van der Waals surface area contributed by atoms with Crippen LogP contribution in [0.3, 0.4) is 0 Å². The van der Waals surface area contributed by atoms with Crippen molar-refractivity contribution >= 4 is 28.3 Å². The van der Waals surface area contributed by atoms with Crippen LogP contribution >= 0.6 is 0 Å². The number of aromatic amines is 1. The van der Waals surface area contributed by atoms with Crippen LogP contribution in [0.15, 0.2) is 36.5 Å². The maximum absolute atomic E-state index is 12.9. The molecule has 2 aromatic heterocycles. The fraction of sp³-hybridized carbons (Fsp3) is 0.364. The number of fused-ring (bicyclic) bond motifs is 1. The first-order valence-corrected chi connectivity index (χ1v) is 9.77. The molecule has 3 heterocycles. The van der Waals surface area contributed by atoms with E-state index in [0.717, 1.165) is 48.2 Å². The molecule has 3 aromatic rings. The molecule has 0 aliphatic carbocycles. The number of nitrogens with zero attached hydrogens (tertiary/aromatic N) is 2. The van der Waals surface area contributed by atoms with Gasteiger partial charge in [-0.05, 0) is 68.0 Å². The van der Waals surface area contributed by atoms with Crippen LogP contribution in [-0.4, -0.2) is 40.7 Å². The Hall–Kier alpha value is -2.86. The Bertz CT molecular complexity index is 1000. The summed E-state index contributed by atoms with van der Waals surface area (Å²) in [5.41, 5.74) is 4.54. The minimum atomic E-state index is -0.173. The van der Waals surface area contributed by atoms with Gasteiger partial charge in [-0.3, -0.25) is 4.79 Å². The van der Waals surface area contributed by atoms with Crippen LogP contribution in [0.1, 0.15) is 34.5 Å². The molecule has 28 heavy (non-hydrogen) atoms. The molecule has 1 saturated heterocycles. The lowest BCUT2D eigenvalue weighted by molar-refractivity contribution is 0.102. The highest BCUT2D eigenvalue weighted by atomic mass is 16.3. The first-order valence-electron chi connectivity index (χ1n) is 9.77. The average molecular weight is 378 g/mol. The quantitative estimate of drug-likeness (QED) is 0.647. The second-order valence-electron chi connectivity index (χ2n) is 7.67. The number of aliphatic hydroxyl groups is 1. The number of aromatic nitrogens is 2. The van der Waals surface area contributed by atoms with Gasteiger partial charge < -0.3 is 20.3 Å². The molecule has 0 atom stereocenters. The van der Waals surface area contributed by atoms with E-state index in [-0.39, 0.29) is 12.5 Å². The van der Waals surface area contributed by atoms with E-state index < -0.39 is 0 Å². The van der Waals surface area contributed by atoms with Gasteiger partial charge in [-0.1, -0.05) is 6.07 Å². The summed E-state index contributed by atoms with van der Waals surface area (Å²) in [6.45, 7) is 6.00. The van der Waals surface area contributed by atoms with Crippen molar-refractivity contribution in [1.29, 1.82) is 0 Å². The van der Waals surface area contributed by atoms with E-state index in [1.807, 2.05) is 18.2 Å². The van der Waals surface area contributed by atoms with Gasteiger partial charge in [-0.15, -0.1) is 0 Å². The van der Waals surface area contributed by atoms with Crippen molar-refractivity contribution < 1.29 is 9.90 Å². The van der Waals surface area contributed by atoms with Crippen molar-refractivity contribution in [2.75, 3.05) is 29.9 Å². The van der Waals surface area contributed by atoms with Crippen molar-refractivity contribution in [2.24, 2.45) is 5.92 Å². The SMILES string of the molecule is Cc1cc(C)c2cc(C(=O)Nc3cccnc3N3CCC(CO)CC3)[nH]c2c1. The summed E-state index contributed by atoms with van der Waals surface area (Å²) in [7, 11) is 0. The number of aliphatic hydroxyl groups excluding tert-OH is 1. The van der Waals surface area contributed by atoms with Gasteiger partial charge in [0.25, 0.3) is 5.91 Å². The summed E-state index contributed by atoms with van der Waals surface area (Å²) >= 11 is 0. The summed E-state index contributed by atoms with van der Waals surface area (Å²) in [5, 5.41) is 13.4. The molecule has 0 bridgehead atoms. The zero-order chi connectivity index (χ0) is 19.7. The monoisotopic (exact) mass is 378 g/mol. The van der Waals surface area contributed by atoms with Crippen molar-refractivity contribution in [3.8, 4) is 0 Å². The first kappa shape index (κ1) is 18.5. The molecule has 6 nitrogen and oxygen atoms in total. The lowest BCUT2D eigenvalue weighted by Gasteiger charge is -2.33. The third-order valence-electron chi connectivity index (χ3n) is 5.54. The second kappa shape index (κ2) is 7.64. The molecule has 1 aliphatic rings. The number of benzene rings is 1. The van der Waals surface area contributed by atoms with Gasteiger partial charge in [0.1, 0.15) is 5.69 Å². The maximum atomic E-state index is 12.9. The van der Waals surface area contributed by atoms with E-state index in [1.54, 1.807) is 6.20 Å². The zero-order valence-corrected chi connectivity index (χ0v) is 16.3. The van der Waals surface area contributed by atoms with Crippen LogP contribution in [0, 0.1) is 19.8 Å². The minimum Gasteiger partial charge on any atom is -0.396 e. The molecule has 1 aromatic carbocycles. The Balaban J connectivity index is 1.56. The van der Waals surface area contributed by atoms with Crippen molar-refractivity contribution in [3.63, 3.8) is 0 Å². The van der Waals surface area contributed by atoms with Crippen LogP contribution < -0.4 is 10.2 Å². The number of nitrogens with one attached hydrogen (secondary N) is 2. The van der Waals surface area contributed by atoms with E-state index in [9.17, 15) is 9.90 Å². The average Bonchev–Trinajstić information content (AvgIpc) is 3.13. The highest BCUT2D eigenvalue weighted by molar-refractivity contribution is 6.07. The van der Waals surface area contributed by atoms with E-state index in [1.165, 1.54) is 5.56 Å². The molecule has 0 spiro atoms. The van der Waals surface area contributed by atoms with E-state index in [2.05, 4.69) is 46.2 Å². The van der Waals surface area contributed by atoms with Crippen molar-refractivity contribution in [2.45, 2.75) is 26.7 Å². The lowest BCUT2D eigenvalue weighted by atomic mass is 9.98. The van der Waals surface area contributed by atoms with Crippen molar-refractivity contribution in [1.82, 2.24) is 9.97 Å². The van der Waals surface area contributed by atoms with E-state index in [4.69, 9.17) is 0 Å². The molecule has 146 valence electrons. The third-order valence-corrected chi connectivity index (χ3v) is 5.54. The predicted molar refractivity (Wildman–Crippen MR) is 112 cm³/mol. The molecule has 0 radical (unpaired) electrons. The molecule has 4 rings (SSSR count). The highest BCUT2D eigenvalue weighted by Gasteiger charge is 2.22. The molecule has 1 amide bonds. The summed E-state index contributed by atoms with van der Waals surface area (Å²) < 4.78 is 0. The Labute approximate surface area is 164 Å². The fourth-order valence-electron chi connectivity index (χ4n) is 3.99. The number of hydrogen-bond donors (Lipinski definition) is 3. The van der Waals surface area contributed by atoms with Crippen LogP contribution in [0.5, 0.6) is 0 Å². The van der Waals surface area contributed by atoms with Gasteiger partial charge in [0.15, 0.2) is 5.82 Å². The van der Waals surface area contributed by atoms with Crippen LogP contribution in [0.25, 0.3) is 10.9 Å². The predicted octanol–water partition coefficient (Wildman–Crippen LogP) is 3.64. The molecular weight excluding hydrogens is 352 g/mol. The maximum Gasteiger partial charge on any atom is 0.272 e. The molecule has 0 unspecified atom stereocenters. The number of hydrogen-bond acceptors (Lipinski definition) is 4.